The summed E-state index contributed by atoms with van der Waals surface area (Å²) < 4.78 is 10.7. The predicted molar refractivity (Wildman–Crippen MR) is 133 cm³/mol. The second-order valence-corrected chi connectivity index (χ2v) is 8.89. The molecule has 3 aromatic rings. The van der Waals surface area contributed by atoms with Gasteiger partial charge in [-0.25, -0.2) is 0 Å². The van der Waals surface area contributed by atoms with E-state index in [9.17, 15) is 4.79 Å². The number of ether oxygens (including phenoxy) is 2. The summed E-state index contributed by atoms with van der Waals surface area (Å²) in [6, 6.07) is 21.0. The van der Waals surface area contributed by atoms with Crippen molar-refractivity contribution in [2.45, 2.75) is 25.8 Å². The van der Waals surface area contributed by atoms with Gasteiger partial charge in [0.25, 0.3) is 0 Å². The number of benzene rings is 3. The quantitative estimate of drug-likeness (QED) is 0.500. The van der Waals surface area contributed by atoms with E-state index >= 15 is 0 Å². The molecule has 3 aromatic carbocycles. The number of fused-ring (bicyclic) bond motifs is 1. The number of hydrogen-bond acceptors (Lipinski definition) is 4. The first-order valence-corrected chi connectivity index (χ1v) is 11.7. The van der Waals surface area contributed by atoms with E-state index in [4.69, 9.17) is 9.47 Å². The molecule has 5 heteroatoms. The average molecular weight is 447 g/mol. The van der Waals surface area contributed by atoms with Crippen LogP contribution in [0.1, 0.15) is 24.0 Å². The molecule has 33 heavy (non-hydrogen) atoms. The molecular weight excluding hydrogens is 412 g/mol. The van der Waals surface area contributed by atoms with Crippen molar-refractivity contribution >= 4 is 16.7 Å². The largest absolute Gasteiger partial charge is 0.493 e. The van der Waals surface area contributed by atoms with Crippen molar-refractivity contribution < 1.29 is 14.3 Å². The highest BCUT2D eigenvalue weighted by Gasteiger charge is 2.27. The van der Waals surface area contributed by atoms with E-state index in [1.54, 1.807) is 14.2 Å². The molecule has 0 atom stereocenters. The van der Waals surface area contributed by atoms with Gasteiger partial charge in [0.05, 0.1) is 14.2 Å². The van der Waals surface area contributed by atoms with Crippen LogP contribution in [0.15, 0.2) is 60.7 Å². The molecule has 0 unspecified atom stereocenters. The van der Waals surface area contributed by atoms with Gasteiger partial charge in [-0.05, 0) is 66.4 Å². The number of carbonyl (C=O) groups excluding carboxylic acids is 1. The first-order valence-electron chi connectivity index (χ1n) is 11.7. The molecule has 0 radical (unpaired) electrons. The normalized spacial score (nSPS) is 14.9. The number of rotatable bonds is 8. The lowest BCUT2D eigenvalue weighted by Gasteiger charge is -2.33. The number of piperidine rings is 1. The highest BCUT2D eigenvalue weighted by molar-refractivity contribution is 5.85. The van der Waals surface area contributed by atoms with Crippen molar-refractivity contribution in [2.75, 3.05) is 40.9 Å². The standard InChI is InChI=1S/C28H34N2O3/c1-29(16-13-21-11-12-26(32-2)27(19-21)33-3)28(31)23-14-17-30(18-15-23)20-24-9-6-8-22-7-4-5-10-25(22)24/h4-12,19,23H,13-18,20H2,1-3H3. The molecule has 0 N–H and O–H groups in total. The van der Waals surface area contributed by atoms with Crippen LogP contribution >= 0.6 is 0 Å². The van der Waals surface area contributed by atoms with E-state index in [0.29, 0.717) is 6.54 Å². The molecule has 1 aliphatic heterocycles. The third-order valence-electron chi connectivity index (χ3n) is 6.77. The molecule has 0 aliphatic carbocycles. The maximum Gasteiger partial charge on any atom is 0.225 e. The molecule has 0 spiro atoms. The van der Waals surface area contributed by atoms with Crippen LogP contribution in [0.2, 0.25) is 0 Å². The summed E-state index contributed by atoms with van der Waals surface area (Å²) in [5.74, 6) is 1.83. The maximum absolute atomic E-state index is 13.0. The van der Waals surface area contributed by atoms with E-state index in [1.165, 1.54) is 16.3 Å². The summed E-state index contributed by atoms with van der Waals surface area (Å²) in [6.07, 6.45) is 2.64. The lowest BCUT2D eigenvalue weighted by Crippen LogP contribution is -2.41. The zero-order chi connectivity index (χ0) is 23.2. The van der Waals surface area contributed by atoms with E-state index in [-0.39, 0.29) is 11.8 Å². The highest BCUT2D eigenvalue weighted by atomic mass is 16.5. The zero-order valence-electron chi connectivity index (χ0n) is 19.9. The third-order valence-corrected chi connectivity index (χ3v) is 6.77. The fraction of sp³-hybridized carbons (Fsp3) is 0.393. The van der Waals surface area contributed by atoms with E-state index < -0.39 is 0 Å². The van der Waals surface area contributed by atoms with Crippen LogP contribution < -0.4 is 9.47 Å². The summed E-state index contributed by atoms with van der Waals surface area (Å²) in [4.78, 5) is 17.4. The van der Waals surface area contributed by atoms with Crippen molar-refractivity contribution in [1.82, 2.24) is 9.80 Å². The van der Waals surface area contributed by atoms with Gasteiger partial charge in [0.2, 0.25) is 5.91 Å². The number of likely N-dealkylation sites (tertiary alicyclic amines) is 1. The second kappa shape index (κ2) is 10.7. The molecular formula is C28H34N2O3. The minimum Gasteiger partial charge on any atom is -0.493 e. The van der Waals surface area contributed by atoms with Gasteiger partial charge in [-0.2, -0.15) is 0 Å². The summed E-state index contributed by atoms with van der Waals surface area (Å²) in [5, 5.41) is 2.62. The predicted octanol–water partition coefficient (Wildman–Crippen LogP) is 4.77. The van der Waals surface area contributed by atoms with Gasteiger partial charge in [0, 0.05) is 26.1 Å². The lowest BCUT2D eigenvalue weighted by atomic mass is 9.94. The Labute approximate surface area is 196 Å². The van der Waals surface area contributed by atoms with Crippen LogP contribution in [0, 0.1) is 5.92 Å². The van der Waals surface area contributed by atoms with Gasteiger partial charge >= 0.3 is 0 Å². The van der Waals surface area contributed by atoms with Crippen LogP contribution in [-0.4, -0.2) is 56.6 Å². The van der Waals surface area contributed by atoms with Crippen molar-refractivity contribution in [3.05, 3.63) is 71.8 Å². The molecule has 1 heterocycles. The molecule has 1 aliphatic rings. The number of likely N-dealkylation sites (N-methyl/N-ethyl adjacent to an activating group) is 1. The van der Waals surface area contributed by atoms with Crippen molar-refractivity contribution in [3.63, 3.8) is 0 Å². The molecule has 174 valence electrons. The molecule has 0 saturated carbocycles. The van der Waals surface area contributed by atoms with E-state index in [1.807, 2.05) is 30.1 Å². The number of nitrogens with zero attached hydrogens (tertiary/aromatic N) is 2. The van der Waals surface area contributed by atoms with Crippen LogP contribution in [0.5, 0.6) is 11.5 Å². The first kappa shape index (κ1) is 23.1. The van der Waals surface area contributed by atoms with Gasteiger partial charge < -0.3 is 14.4 Å². The second-order valence-electron chi connectivity index (χ2n) is 8.89. The number of methoxy groups -OCH3 is 2. The number of hydrogen-bond donors (Lipinski definition) is 0. The monoisotopic (exact) mass is 446 g/mol. The van der Waals surface area contributed by atoms with Crippen LogP contribution in [0.25, 0.3) is 10.8 Å². The topological polar surface area (TPSA) is 42.0 Å². The van der Waals surface area contributed by atoms with Gasteiger partial charge in [-0.15, -0.1) is 0 Å². The molecule has 1 amide bonds. The van der Waals surface area contributed by atoms with Crippen molar-refractivity contribution in [1.29, 1.82) is 0 Å². The van der Waals surface area contributed by atoms with Crippen molar-refractivity contribution in [2.24, 2.45) is 5.92 Å². The Morgan fingerprint density at radius 3 is 2.45 bits per heavy atom. The minimum absolute atomic E-state index is 0.115. The van der Waals surface area contributed by atoms with E-state index in [2.05, 4.69) is 47.4 Å². The summed E-state index contributed by atoms with van der Waals surface area (Å²) in [7, 11) is 5.20. The number of amides is 1. The van der Waals surface area contributed by atoms with Gasteiger partial charge in [0.15, 0.2) is 11.5 Å². The fourth-order valence-corrected chi connectivity index (χ4v) is 4.76. The Hall–Kier alpha value is -3.05. The summed E-state index contributed by atoms with van der Waals surface area (Å²) >= 11 is 0. The van der Waals surface area contributed by atoms with Crippen LogP contribution in [0.4, 0.5) is 0 Å². The molecule has 1 fully saturated rings. The summed E-state index contributed by atoms with van der Waals surface area (Å²) in [5.41, 5.74) is 2.50. The first-order chi connectivity index (χ1) is 16.1. The Morgan fingerprint density at radius 1 is 0.970 bits per heavy atom. The Kier molecular flexibility index (Phi) is 7.50. The molecule has 0 aromatic heterocycles. The molecule has 1 saturated heterocycles. The molecule has 0 bridgehead atoms. The molecule has 5 nitrogen and oxygen atoms in total. The fourth-order valence-electron chi connectivity index (χ4n) is 4.76. The smallest absolute Gasteiger partial charge is 0.225 e. The molecule has 4 rings (SSSR count). The van der Waals surface area contributed by atoms with Gasteiger partial charge in [-0.3, -0.25) is 9.69 Å². The van der Waals surface area contributed by atoms with E-state index in [0.717, 1.165) is 56.0 Å². The number of carbonyl (C=O) groups is 1. The average Bonchev–Trinajstić information content (AvgIpc) is 2.87. The van der Waals surface area contributed by atoms with Gasteiger partial charge in [0.1, 0.15) is 0 Å². The lowest BCUT2D eigenvalue weighted by molar-refractivity contribution is -0.135. The summed E-state index contributed by atoms with van der Waals surface area (Å²) in [6.45, 7) is 3.56. The Bertz CT molecular complexity index is 1080. The highest BCUT2D eigenvalue weighted by Crippen LogP contribution is 2.28. The van der Waals surface area contributed by atoms with Crippen LogP contribution in [-0.2, 0) is 17.8 Å². The van der Waals surface area contributed by atoms with Crippen molar-refractivity contribution in [3.8, 4) is 11.5 Å². The Morgan fingerprint density at radius 2 is 1.70 bits per heavy atom. The zero-order valence-corrected chi connectivity index (χ0v) is 19.9. The maximum atomic E-state index is 13.0. The SMILES string of the molecule is COc1ccc(CCN(C)C(=O)C2CCN(Cc3cccc4ccccc34)CC2)cc1OC. The van der Waals surface area contributed by atoms with Gasteiger partial charge in [-0.1, -0.05) is 48.5 Å². The minimum atomic E-state index is 0.115. The third kappa shape index (κ3) is 5.48. The Balaban J connectivity index is 1.28. The van der Waals surface area contributed by atoms with Crippen LogP contribution in [0.3, 0.4) is 0 Å².